The lowest BCUT2D eigenvalue weighted by molar-refractivity contribution is 0.425. The van der Waals surface area contributed by atoms with Gasteiger partial charge in [-0.15, -0.1) is 21.5 Å². The van der Waals surface area contributed by atoms with Crippen molar-refractivity contribution in [1.82, 2.24) is 20.3 Å². The summed E-state index contributed by atoms with van der Waals surface area (Å²) < 4.78 is 6.17. The second kappa shape index (κ2) is 8.83. The normalized spacial score (nSPS) is 11.0. The number of benzene rings is 1. The molecular weight excluding hydrogens is 422 g/mol. The molecule has 0 radical (unpaired) electrons. The molecule has 1 aromatic carbocycles. The van der Waals surface area contributed by atoms with Crippen molar-refractivity contribution in [3.05, 3.63) is 57.5 Å². The summed E-state index contributed by atoms with van der Waals surface area (Å²) in [5.41, 5.74) is 0.732. The molecule has 0 saturated heterocycles. The average molecular weight is 436 g/mol. The largest absolute Gasteiger partial charge is 0.360 e. The second-order valence-electron chi connectivity index (χ2n) is 5.41. The van der Waals surface area contributed by atoms with Crippen LogP contribution in [-0.2, 0) is 12.2 Å². The lowest BCUT2D eigenvalue weighted by Gasteiger charge is -1.98. The molecule has 0 spiro atoms. The molecule has 6 nitrogen and oxygen atoms in total. The van der Waals surface area contributed by atoms with E-state index in [1.54, 1.807) is 17.4 Å². The molecule has 0 atom stereocenters. The molecule has 10 heteroatoms. The Kier molecular flexibility index (Phi) is 6.03. The monoisotopic (exact) mass is 435 g/mol. The lowest BCUT2D eigenvalue weighted by Crippen LogP contribution is -2.03. The van der Waals surface area contributed by atoms with Crippen LogP contribution >= 0.6 is 46.0 Å². The molecule has 0 unspecified atom stereocenters. The van der Waals surface area contributed by atoms with Crippen molar-refractivity contribution in [2.24, 2.45) is 0 Å². The highest BCUT2D eigenvalue weighted by molar-refractivity contribution is 8.00. The fourth-order valence-corrected chi connectivity index (χ4v) is 4.82. The molecule has 1 N–H and O–H groups in total. The van der Waals surface area contributed by atoms with Crippen molar-refractivity contribution in [2.45, 2.75) is 16.5 Å². The highest BCUT2D eigenvalue weighted by atomic mass is 35.5. The van der Waals surface area contributed by atoms with E-state index in [2.05, 4.69) is 43.2 Å². The summed E-state index contributed by atoms with van der Waals surface area (Å²) >= 11 is 11.0. The molecule has 3 heterocycles. The average Bonchev–Trinajstić information content (AvgIpc) is 3.43. The Bertz CT molecular complexity index is 1000. The van der Waals surface area contributed by atoms with Crippen molar-refractivity contribution in [1.29, 1.82) is 0 Å². The van der Waals surface area contributed by atoms with E-state index in [1.807, 2.05) is 18.2 Å². The van der Waals surface area contributed by atoms with Crippen molar-refractivity contribution < 1.29 is 4.52 Å². The second-order valence-corrected chi connectivity index (χ2v) is 9.05. The standard InChI is InChI=1S/C17H14ClN5OS3/c18-13-6-2-1-5-12(13)15-20-14(23-24-15)10-26-17-22-21-16(27-17)19-8-7-11-4-3-9-25-11/h1-6,9H,7-8,10H2,(H,19,21). The van der Waals surface area contributed by atoms with Crippen molar-refractivity contribution in [2.75, 3.05) is 11.9 Å². The van der Waals surface area contributed by atoms with Gasteiger partial charge in [-0.05, 0) is 30.0 Å². The molecule has 0 bridgehead atoms. The summed E-state index contributed by atoms with van der Waals surface area (Å²) in [6.45, 7) is 0.839. The number of thiophene rings is 1. The summed E-state index contributed by atoms with van der Waals surface area (Å²) in [5, 5.41) is 19.2. The maximum absolute atomic E-state index is 6.16. The highest BCUT2D eigenvalue weighted by Gasteiger charge is 2.13. The summed E-state index contributed by atoms with van der Waals surface area (Å²) in [5.74, 6) is 1.57. The SMILES string of the molecule is Clc1ccccc1-c1nc(CSc2nnc(NCCc3cccs3)s2)no1. The maximum Gasteiger partial charge on any atom is 0.259 e. The first-order valence-corrected chi connectivity index (χ1v) is 11.1. The number of nitrogens with zero attached hydrogens (tertiary/aromatic N) is 4. The maximum atomic E-state index is 6.16. The van der Waals surface area contributed by atoms with Gasteiger partial charge in [-0.2, -0.15) is 4.98 Å². The Balaban J connectivity index is 1.29. The zero-order valence-corrected chi connectivity index (χ0v) is 17.2. The topological polar surface area (TPSA) is 76.7 Å². The van der Waals surface area contributed by atoms with Crippen molar-refractivity contribution in [3.8, 4) is 11.5 Å². The predicted molar refractivity (Wildman–Crippen MR) is 111 cm³/mol. The van der Waals surface area contributed by atoms with Crippen molar-refractivity contribution in [3.63, 3.8) is 0 Å². The number of halogens is 1. The molecule has 0 amide bonds. The lowest BCUT2D eigenvalue weighted by atomic mass is 10.2. The van der Waals surface area contributed by atoms with Gasteiger partial charge in [0.25, 0.3) is 5.89 Å². The first-order chi connectivity index (χ1) is 13.3. The zero-order chi connectivity index (χ0) is 18.5. The van der Waals surface area contributed by atoms with Crippen LogP contribution in [0.1, 0.15) is 10.7 Å². The van der Waals surface area contributed by atoms with Gasteiger partial charge >= 0.3 is 0 Å². The fraction of sp³-hybridized carbons (Fsp3) is 0.176. The first-order valence-electron chi connectivity index (χ1n) is 8.08. The molecule has 0 aliphatic carbocycles. The van der Waals surface area contributed by atoms with E-state index >= 15 is 0 Å². The van der Waals surface area contributed by atoms with Gasteiger partial charge in [0.15, 0.2) is 10.2 Å². The Morgan fingerprint density at radius 2 is 2.07 bits per heavy atom. The van der Waals surface area contributed by atoms with E-state index in [9.17, 15) is 0 Å². The number of rotatable bonds is 8. The minimum Gasteiger partial charge on any atom is -0.360 e. The molecule has 3 aromatic heterocycles. The third-order valence-electron chi connectivity index (χ3n) is 3.53. The first kappa shape index (κ1) is 18.4. The highest BCUT2D eigenvalue weighted by Crippen LogP contribution is 2.30. The number of aromatic nitrogens is 4. The van der Waals surface area contributed by atoms with Crippen LogP contribution in [0.15, 0.2) is 50.6 Å². The van der Waals surface area contributed by atoms with Crippen LogP contribution in [0.2, 0.25) is 5.02 Å². The molecule has 4 aromatic rings. The number of anilines is 1. The van der Waals surface area contributed by atoms with E-state index in [0.717, 1.165) is 28.0 Å². The Hall–Kier alpha value is -1.94. The van der Waals surface area contributed by atoms with Gasteiger partial charge < -0.3 is 9.84 Å². The molecule has 138 valence electrons. The Labute approximate surface area is 173 Å². The predicted octanol–water partition coefficient (Wildman–Crippen LogP) is 5.25. The number of hydrogen-bond acceptors (Lipinski definition) is 9. The van der Waals surface area contributed by atoms with Crippen LogP contribution in [0.3, 0.4) is 0 Å². The van der Waals surface area contributed by atoms with E-state index in [4.69, 9.17) is 16.1 Å². The summed E-state index contributed by atoms with van der Waals surface area (Å²) in [6.07, 6.45) is 0.980. The van der Waals surface area contributed by atoms with Crippen LogP contribution in [0.25, 0.3) is 11.5 Å². The molecule has 0 aliphatic heterocycles. The van der Waals surface area contributed by atoms with E-state index in [1.165, 1.54) is 28.0 Å². The van der Waals surface area contributed by atoms with Crippen LogP contribution in [0, 0.1) is 0 Å². The third kappa shape index (κ3) is 4.86. The summed E-state index contributed by atoms with van der Waals surface area (Å²) in [6, 6.07) is 11.6. The van der Waals surface area contributed by atoms with Gasteiger partial charge in [-0.25, -0.2) is 0 Å². The van der Waals surface area contributed by atoms with Gasteiger partial charge in [0.2, 0.25) is 5.13 Å². The number of nitrogens with one attached hydrogen (secondary N) is 1. The molecule has 27 heavy (non-hydrogen) atoms. The summed E-state index contributed by atoms with van der Waals surface area (Å²) in [4.78, 5) is 5.75. The minimum atomic E-state index is 0.421. The molecule has 4 rings (SSSR count). The van der Waals surface area contributed by atoms with E-state index in [-0.39, 0.29) is 0 Å². The van der Waals surface area contributed by atoms with Crippen LogP contribution in [0.5, 0.6) is 0 Å². The molecule has 0 saturated carbocycles. The van der Waals surface area contributed by atoms with Crippen LogP contribution in [0.4, 0.5) is 5.13 Å². The molecule has 0 aliphatic rings. The zero-order valence-electron chi connectivity index (χ0n) is 14.0. The van der Waals surface area contributed by atoms with Gasteiger partial charge in [0, 0.05) is 11.4 Å². The van der Waals surface area contributed by atoms with Crippen molar-refractivity contribution >= 4 is 51.2 Å². The van der Waals surface area contributed by atoms with Crippen LogP contribution < -0.4 is 5.32 Å². The molecular formula is C17H14ClN5OS3. The van der Waals surface area contributed by atoms with E-state index in [0.29, 0.717) is 22.5 Å². The van der Waals surface area contributed by atoms with Gasteiger partial charge in [-0.3, -0.25) is 0 Å². The quantitative estimate of drug-likeness (QED) is 0.378. The smallest absolute Gasteiger partial charge is 0.259 e. The number of hydrogen-bond donors (Lipinski definition) is 1. The minimum absolute atomic E-state index is 0.421. The Morgan fingerprint density at radius 1 is 1.15 bits per heavy atom. The van der Waals surface area contributed by atoms with Gasteiger partial charge in [0.1, 0.15) is 0 Å². The number of thioether (sulfide) groups is 1. The third-order valence-corrected chi connectivity index (χ3v) is 6.81. The van der Waals surface area contributed by atoms with E-state index < -0.39 is 0 Å². The fourth-order valence-electron chi connectivity index (χ4n) is 2.27. The van der Waals surface area contributed by atoms with Gasteiger partial charge in [-0.1, -0.05) is 58.1 Å². The summed E-state index contributed by atoms with van der Waals surface area (Å²) in [7, 11) is 0. The Morgan fingerprint density at radius 3 is 2.93 bits per heavy atom. The molecule has 0 fully saturated rings. The van der Waals surface area contributed by atoms with Crippen LogP contribution in [-0.4, -0.2) is 26.9 Å². The van der Waals surface area contributed by atoms with Gasteiger partial charge in [0.05, 0.1) is 16.3 Å².